The molecular weight excluding hydrogens is 466 g/mol. The van der Waals surface area contributed by atoms with E-state index >= 15 is 0 Å². The van der Waals surface area contributed by atoms with Crippen molar-refractivity contribution in [3.63, 3.8) is 0 Å². The van der Waals surface area contributed by atoms with Gasteiger partial charge in [-0.1, -0.05) is 0 Å². The highest BCUT2D eigenvalue weighted by Crippen LogP contribution is 2.29. The number of piperazine rings is 1. The predicted molar refractivity (Wildman–Crippen MR) is 129 cm³/mol. The van der Waals surface area contributed by atoms with Gasteiger partial charge in [0.25, 0.3) is 11.5 Å². The second kappa shape index (κ2) is 10.3. The lowest BCUT2D eigenvalue weighted by Gasteiger charge is -2.38. The van der Waals surface area contributed by atoms with Gasteiger partial charge in [0.2, 0.25) is 0 Å². The molecule has 0 radical (unpaired) electrons. The van der Waals surface area contributed by atoms with Crippen LogP contribution in [0.25, 0.3) is 10.9 Å². The number of pyridine rings is 1. The average molecular weight is 494 g/mol. The van der Waals surface area contributed by atoms with Gasteiger partial charge >= 0.3 is 0 Å². The summed E-state index contributed by atoms with van der Waals surface area (Å²) in [7, 11) is 3.19. The molecule has 1 atom stereocenters. The first-order valence-corrected chi connectivity index (χ1v) is 11.6. The molecule has 3 aromatic heterocycles. The Bertz CT molecular complexity index is 1390. The highest BCUT2D eigenvalue weighted by molar-refractivity contribution is 5.91. The number of aromatic nitrogens is 5. The van der Waals surface area contributed by atoms with Crippen LogP contribution in [0.15, 0.2) is 51.9 Å². The number of carbonyl (C=O) groups is 1. The van der Waals surface area contributed by atoms with E-state index in [-0.39, 0.29) is 11.5 Å². The van der Waals surface area contributed by atoms with E-state index in [2.05, 4.69) is 25.4 Å². The van der Waals surface area contributed by atoms with Crippen LogP contribution in [0.3, 0.4) is 0 Å². The van der Waals surface area contributed by atoms with Gasteiger partial charge in [-0.15, -0.1) is 5.10 Å². The molecule has 1 amide bonds. The van der Waals surface area contributed by atoms with Gasteiger partial charge in [-0.2, -0.15) is 0 Å². The van der Waals surface area contributed by atoms with Crippen molar-refractivity contribution in [1.82, 2.24) is 35.0 Å². The number of H-pyrrole nitrogens is 1. The molecule has 12 nitrogen and oxygen atoms in total. The molecule has 0 bridgehead atoms. The summed E-state index contributed by atoms with van der Waals surface area (Å²) >= 11 is 0. The van der Waals surface area contributed by atoms with Crippen LogP contribution in [0.1, 0.15) is 28.0 Å². The minimum absolute atomic E-state index is 0.154. The molecule has 12 heteroatoms. The van der Waals surface area contributed by atoms with Crippen molar-refractivity contribution in [3.05, 3.63) is 70.2 Å². The Balaban J connectivity index is 1.50. The fourth-order valence-electron chi connectivity index (χ4n) is 4.51. The second-order valence-corrected chi connectivity index (χ2v) is 8.47. The SMILES string of the molecule is COCCn1nnnc1C(c1cc2ccc(OC)cc2[nH]c1=O)N1CCN(C(=O)c2ccco2)CC1. The van der Waals surface area contributed by atoms with Crippen molar-refractivity contribution >= 4 is 16.8 Å². The zero-order valence-electron chi connectivity index (χ0n) is 20.1. The maximum absolute atomic E-state index is 13.4. The van der Waals surface area contributed by atoms with Gasteiger partial charge in [-0.25, -0.2) is 4.68 Å². The molecule has 1 fully saturated rings. The van der Waals surface area contributed by atoms with Crippen molar-refractivity contribution in [1.29, 1.82) is 0 Å². The number of aromatic amines is 1. The van der Waals surface area contributed by atoms with Crippen LogP contribution in [0, 0.1) is 0 Å². The van der Waals surface area contributed by atoms with E-state index in [1.165, 1.54) is 6.26 Å². The van der Waals surface area contributed by atoms with Gasteiger partial charge in [0.15, 0.2) is 11.6 Å². The van der Waals surface area contributed by atoms with Gasteiger partial charge in [-0.05, 0) is 46.1 Å². The Morgan fingerprint density at radius 1 is 1.17 bits per heavy atom. The molecule has 188 valence electrons. The lowest BCUT2D eigenvalue weighted by Crippen LogP contribution is -2.50. The van der Waals surface area contributed by atoms with Crippen LogP contribution in [-0.4, -0.2) is 87.9 Å². The minimum atomic E-state index is -0.520. The normalized spacial score (nSPS) is 15.3. The average Bonchev–Trinajstić information content (AvgIpc) is 3.60. The number of carbonyl (C=O) groups excluding carboxylic acids is 1. The number of rotatable bonds is 8. The van der Waals surface area contributed by atoms with E-state index in [9.17, 15) is 9.59 Å². The van der Waals surface area contributed by atoms with Crippen LogP contribution in [-0.2, 0) is 11.3 Å². The summed E-state index contributed by atoms with van der Waals surface area (Å²) in [5, 5.41) is 13.2. The molecule has 0 spiro atoms. The van der Waals surface area contributed by atoms with Gasteiger partial charge in [0, 0.05) is 44.9 Å². The lowest BCUT2D eigenvalue weighted by molar-refractivity contribution is 0.0557. The summed E-state index contributed by atoms with van der Waals surface area (Å²) in [5.41, 5.74) is 0.956. The van der Waals surface area contributed by atoms with Crippen LogP contribution in [0.5, 0.6) is 5.75 Å². The van der Waals surface area contributed by atoms with E-state index in [1.54, 1.807) is 42.0 Å². The van der Waals surface area contributed by atoms with Crippen molar-refractivity contribution in [2.24, 2.45) is 0 Å². The molecule has 4 heterocycles. The zero-order chi connectivity index (χ0) is 25.1. The Kier molecular flexibility index (Phi) is 6.78. The first-order chi connectivity index (χ1) is 17.6. The molecule has 4 aromatic rings. The number of hydrogen-bond acceptors (Lipinski definition) is 9. The van der Waals surface area contributed by atoms with Gasteiger partial charge in [-0.3, -0.25) is 14.5 Å². The summed E-state index contributed by atoms with van der Waals surface area (Å²) in [5.74, 6) is 1.35. The Morgan fingerprint density at radius 2 is 2.00 bits per heavy atom. The summed E-state index contributed by atoms with van der Waals surface area (Å²) in [6.07, 6.45) is 1.49. The third kappa shape index (κ3) is 4.60. The number of fused-ring (bicyclic) bond motifs is 1. The summed E-state index contributed by atoms with van der Waals surface area (Å²) < 4.78 is 17.4. The predicted octanol–water partition coefficient (Wildman–Crippen LogP) is 1.31. The standard InChI is InChI=1S/C24H27N7O5/c1-34-13-11-31-22(26-27-28-31)21(18-14-16-5-6-17(35-2)15-19(16)25-23(18)32)29-7-9-30(10-8-29)24(33)20-4-3-12-36-20/h3-6,12,14-15,21H,7-11,13H2,1-2H3,(H,25,32). The van der Waals surface area contributed by atoms with E-state index in [4.69, 9.17) is 13.9 Å². The fourth-order valence-corrected chi connectivity index (χ4v) is 4.51. The Morgan fingerprint density at radius 3 is 2.72 bits per heavy atom. The van der Waals surface area contributed by atoms with Gasteiger partial charge in [0.1, 0.15) is 11.8 Å². The smallest absolute Gasteiger partial charge is 0.289 e. The molecular formula is C24H27N7O5. The van der Waals surface area contributed by atoms with Crippen molar-refractivity contribution in [3.8, 4) is 5.75 Å². The first-order valence-electron chi connectivity index (χ1n) is 11.6. The van der Waals surface area contributed by atoms with E-state index in [1.807, 2.05) is 18.2 Å². The first kappa shape index (κ1) is 23.7. The quantitative estimate of drug-likeness (QED) is 0.386. The highest BCUT2D eigenvalue weighted by Gasteiger charge is 2.34. The van der Waals surface area contributed by atoms with Crippen molar-refractivity contribution in [2.45, 2.75) is 12.6 Å². The van der Waals surface area contributed by atoms with Gasteiger partial charge in [0.05, 0.1) is 32.0 Å². The number of hydrogen-bond donors (Lipinski definition) is 1. The molecule has 0 saturated carbocycles. The van der Waals surface area contributed by atoms with E-state index in [0.717, 1.165) is 5.39 Å². The van der Waals surface area contributed by atoms with Gasteiger partial charge < -0.3 is 23.8 Å². The molecule has 36 heavy (non-hydrogen) atoms. The zero-order valence-corrected chi connectivity index (χ0v) is 20.1. The highest BCUT2D eigenvalue weighted by atomic mass is 16.5. The van der Waals surface area contributed by atoms with Crippen molar-refractivity contribution in [2.75, 3.05) is 47.0 Å². The van der Waals surface area contributed by atoms with Crippen LogP contribution < -0.4 is 10.3 Å². The van der Waals surface area contributed by atoms with Crippen molar-refractivity contribution < 1.29 is 18.7 Å². The largest absolute Gasteiger partial charge is 0.497 e. The Hall–Kier alpha value is -4.03. The number of nitrogens with one attached hydrogen (secondary N) is 1. The third-order valence-electron chi connectivity index (χ3n) is 6.39. The second-order valence-electron chi connectivity index (χ2n) is 8.47. The fraction of sp³-hybridized carbons (Fsp3) is 0.375. The minimum Gasteiger partial charge on any atom is -0.497 e. The number of furan rings is 1. The van der Waals surface area contributed by atoms with E-state index < -0.39 is 6.04 Å². The van der Waals surface area contributed by atoms with Crippen LogP contribution in [0.2, 0.25) is 0 Å². The number of benzene rings is 1. The summed E-state index contributed by atoms with van der Waals surface area (Å²) in [6.45, 7) is 2.85. The molecule has 1 saturated heterocycles. The number of amides is 1. The summed E-state index contributed by atoms with van der Waals surface area (Å²) in [4.78, 5) is 33.0. The van der Waals surface area contributed by atoms with E-state index in [0.29, 0.717) is 67.7 Å². The summed E-state index contributed by atoms with van der Waals surface area (Å²) in [6, 6.07) is 10.2. The molecule has 1 aliphatic rings. The van der Waals surface area contributed by atoms with Crippen LogP contribution >= 0.6 is 0 Å². The topological polar surface area (TPSA) is 132 Å². The lowest BCUT2D eigenvalue weighted by atomic mass is 10.0. The Labute approximate surface area is 206 Å². The maximum atomic E-state index is 13.4. The van der Waals surface area contributed by atoms with Crippen LogP contribution in [0.4, 0.5) is 0 Å². The number of methoxy groups -OCH3 is 2. The monoisotopic (exact) mass is 493 g/mol. The molecule has 1 unspecified atom stereocenters. The number of ether oxygens (including phenoxy) is 2. The molecule has 0 aliphatic carbocycles. The number of tetrazole rings is 1. The molecule has 1 aromatic carbocycles. The molecule has 1 aliphatic heterocycles. The third-order valence-corrected chi connectivity index (χ3v) is 6.39. The maximum Gasteiger partial charge on any atom is 0.289 e. The molecule has 5 rings (SSSR count). The number of nitrogens with zero attached hydrogens (tertiary/aromatic N) is 6. The molecule has 1 N–H and O–H groups in total.